The van der Waals surface area contributed by atoms with Gasteiger partial charge in [0, 0.05) is 0 Å². The van der Waals surface area contributed by atoms with Crippen LogP contribution in [0.1, 0.15) is 6.42 Å². The van der Waals surface area contributed by atoms with Crippen molar-refractivity contribution >= 4 is 41.2 Å². The van der Waals surface area contributed by atoms with Crippen LogP contribution in [0.2, 0.25) is 0 Å². The van der Waals surface area contributed by atoms with Crippen molar-refractivity contribution in [2.45, 2.75) is 15.2 Å². The van der Waals surface area contributed by atoms with Crippen molar-refractivity contribution in [1.82, 2.24) is 9.80 Å². The van der Waals surface area contributed by atoms with Gasteiger partial charge in [-0.2, -0.15) is 0 Å². The quantitative estimate of drug-likeness (QED) is 0.720. The average Bonchev–Trinajstić information content (AvgIpc) is 2.49. The molecule has 20 heavy (non-hydrogen) atoms. The molecular weight excluding hydrogens is 279 g/mol. The molecule has 3 aliphatic rings. The van der Waals surface area contributed by atoms with E-state index in [0.29, 0.717) is 5.92 Å². The molecule has 5 heteroatoms. The molecule has 2 unspecified atom stereocenters. The Morgan fingerprint density at radius 3 is 2.50 bits per heavy atom. The van der Waals surface area contributed by atoms with E-state index in [9.17, 15) is 0 Å². The molecule has 2 fully saturated rings. The predicted octanol–water partition coefficient (Wildman–Crippen LogP) is 2.04. The van der Waals surface area contributed by atoms with Crippen LogP contribution in [0.5, 0.6) is 0 Å². The molecule has 2 saturated heterocycles. The Hall–Kier alpha value is 0.697. The molecule has 1 aliphatic carbocycles. The van der Waals surface area contributed by atoms with E-state index in [1.165, 1.54) is 44.1 Å². The Labute approximate surface area is 141 Å². The molecule has 0 N–H and O–H groups in total. The topological polar surface area (TPSA) is 6.48 Å². The maximum absolute atomic E-state index is 2.72. The summed E-state index contributed by atoms with van der Waals surface area (Å²) < 4.78 is 0.937. The second-order valence-corrected chi connectivity index (χ2v) is 9.05. The molecule has 0 bridgehead atoms. The third-order valence-corrected chi connectivity index (χ3v) is 7.98. The monoisotopic (exact) mass is 302 g/mol. The van der Waals surface area contributed by atoms with E-state index >= 15 is 0 Å². The van der Waals surface area contributed by atoms with Crippen molar-refractivity contribution in [2.24, 2.45) is 5.92 Å². The van der Waals surface area contributed by atoms with E-state index in [0.717, 1.165) is 4.58 Å². The van der Waals surface area contributed by atoms with Crippen molar-refractivity contribution in [3.05, 3.63) is 24.3 Å². The van der Waals surface area contributed by atoms with Gasteiger partial charge in [-0.25, -0.2) is 0 Å². The Morgan fingerprint density at radius 1 is 1.10 bits per heavy atom. The average molecular weight is 302 g/mol. The van der Waals surface area contributed by atoms with Crippen molar-refractivity contribution in [3.8, 4) is 0 Å². The van der Waals surface area contributed by atoms with E-state index in [-0.39, 0.29) is 4.21 Å². The van der Waals surface area contributed by atoms with Gasteiger partial charge < -0.3 is 0 Å². The summed E-state index contributed by atoms with van der Waals surface area (Å²) in [6.07, 6.45) is 10.8. The molecular formula is C15H23LiN2S2. The molecule has 0 spiro atoms. The first-order valence-corrected chi connectivity index (χ1v) is 9.83. The van der Waals surface area contributed by atoms with E-state index in [1.54, 1.807) is 0 Å². The Balaban J connectivity index is 1.77. The zero-order valence-corrected chi connectivity index (χ0v) is 14.3. The fourth-order valence-corrected chi connectivity index (χ4v) is 6.80. The van der Waals surface area contributed by atoms with E-state index < -0.39 is 0 Å². The summed E-state index contributed by atoms with van der Waals surface area (Å²) in [5, 5.41) is 0. The van der Waals surface area contributed by atoms with Crippen molar-refractivity contribution in [3.63, 3.8) is 0 Å². The molecule has 2 atom stereocenters. The van der Waals surface area contributed by atoms with Crippen LogP contribution in [0.25, 0.3) is 0 Å². The van der Waals surface area contributed by atoms with Crippen LogP contribution in [0.3, 0.4) is 0 Å². The van der Waals surface area contributed by atoms with Gasteiger partial charge in [0.15, 0.2) is 0 Å². The molecule has 2 heterocycles. The zero-order chi connectivity index (χ0) is 14.0. The van der Waals surface area contributed by atoms with Gasteiger partial charge in [-0.1, -0.05) is 0 Å². The van der Waals surface area contributed by atoms with Gasteiger partial charge in [0.05, 0.1) is 0 Å². The van der Waals surface area contributed by atoms with Crippen molar-refractivity contribution < 1.29 is 0 Å². The molecule has 0 aromatic rings. The second kappa shape index (κ2) is 6.85. The van der Waals surface area contributed by atoms with Crippen LogP contribution in [0.4, 0.5) is 0 Å². The van der Waals surface area contributed by atoms with Crippen LogP contribution in [0, 0.1) is 5.92 Å². The van der Waals surface area contributed by atoms with Gasteiger partial charge in [0.1, 0.15) is 0 Å². The number of piperazine rings is 1. The molecule has 2 aliphatic heterocycles. The number of likely N-dealkylation sites (N-methyl/N-ethyl adjacent to an activating group) is 1. The van der Waals surface area contributed by atoms with Gasteiger partial charge in [-0.15, -0.1) is 0 Å². The van der Waals surface area contributed by atoms with E-state index in [1.807, 2.05) is 0 Å². The first-order valence-electron chi connectivity index (χ1n) is 7.73. The number of allylic oxidation sites excluding steroid dienone is 2. The zero-order valence-electron chi connectivity index (χ0n) is 12.6. The van der Waals surface area contributed by atoms with Gasteiger partial charge in [0.2, 0.25) is 0 Å². The number of hydrogen-bond donors (Lipinski definition) is 0. The fraction of sp³-hybridized carbons (Fsp3) is 0.733. The molecule has 0 aromatic heterocycles. The van der Waals surface area contributed by atoms with E-state index in [4.69, 9.17) is 0 Å². The predicted molar refractivity (Wildman–Crippen MR) is 92.6 cm³/mol. The number of rotatable bonds is 2. The minimum absolute atomic E-state index is 0.206. The van der Waals surface area contributed by atoms with Crippen LogP contribution < -0.4 is 0 Å². The molecule has 106 valence electrons. The van der Waals surface area contributed by atoms with Gasteiger partial charge in [0.25, 0.3) is 0 Å². The summed E-state index contributed by atoms with van der Waals surface area (Å²) in [7, 11) is 2.24. The molecule has 3 rings (SSSR count). The molecule has 2 nitrogen and oxygen atoms in total. The summed E-state index contributed by atoms with van der Waals surface area (Å²) in [5.74, 6) is 3.32. The van der Waals surface area contributed by atoms with Crippen LogP contribution >= 0.6 is 23.5 Å². The number of hydrogen-bond acceptors (Lipinski definition) is 4. The SMILES string of the molecule is [Li][C]1(N2CCN(C)CC2)C=CC=CC1C1SCCCS1. The summed E-state index contributed by atoms with van der Waals surface area (Å²) in [6.45, 7) is 4.79. The van der Waals surface area contributed by atoms with Gasteiger partial charge >= 0.3 is 141 Å². The first kappa shape index (κ1) is 15.6. The van der Waals surface area contributed by atoms with Crippen LogP contribution in [-0.2, 0) is 0 Å². The maximum atomic E-state index is 2.72. The second-order valence-electron chi connectivity index (χ2n) is 6.25. The summed E-state index contributed by atoms with van der Waals surface area (Å²) >= 11 is 6.81. The fourth-order valence-electron chi connectivity index (χ4n) is 3.42. The van der Waals surface area contributed by atoms with Gasteiger partial charge in [-0.05, 0) is 0 Å². The molecule has 0 saturated carbocycles. The Kier molecular flexibility index (Phi) is 5.34. The van der Waals surface area contributed by atoms with Crippen molar-refractivity contribution in [1.29, 1.82) is 0 Å². The van der Waals surface area contributed by atoms with Crippen LogP contribution in [-0.4, -0.2) is 81.0 Å². The molecule has 0 radical (unpaired) electrons. The number of thioether (sulfide) groups is 2. The van der Waals surface area contributed by atoms with Crippen LogP contribution in [0.15, 0.2) is 24.3 Å². The Morgan fingerprint density at radius 2 is 1.80 bits per heavy atom. The summed E-state index contributed by atoms with van der Waals surface area (Å²) in [6, 6.07) is 0. The normalized spacial score (nSPS) is 37.5. The minimum atomic E-state index is 0.206. The summed E-state index contributed by atoms with van der Waals surface area (Å²) in [4.78, 5) is 5.16. The van der Waals surface area contributed by atoms with Gasteiger partial charge in [-0.3, -0.25) is 0 Å². The molecule has 0 aromatic carbocycles. The van der Waals surface area contributed by atoms with E-state index in [2.05, 4.69) is 82.4 Å². The summed E-state index contributed by atoms with van der Waals surface area (Å²) in [5.41, 5.74) is 0. The Bertz CT molecular complexity index is 387. The third-order valence-electron chi connectivity index (χ3n) is 4.87. The standard InChI is InChI=1S/C15H23N2S2.Li/c1-16-7-9-17(10-8-16)14-6-3-2-5-13(14)15-18-11-4-12-19-15;/h2-3,5-6,13,15H,4,7-12H2,1H3;. The first-order chi connectivity index (χ1) is 9.70. The van der Waals surface area contributed by atoms with Crippen molar-refractivity contribution in [2.75, 3.05) is 44.7 Å². The molecule has 0 amide bonds. The third kappa shape index (κ3) is 3.21. The number of nitrogens with zero attached hydrogens (tertiary/aromatic N) is 2.